The standard InChI is InChI=1S/C11H16O2S/c1-2-3-4-6-9(12)11(13)10-7-5-8-14-10/h5,7-9,12H,2-4,6H2,1H3. The fourth-order valence-electron chi connectivity index (χ4n) is 1.30. The Hall–Kier alpha value is -0.670. The van der Waals surface area contributed by atoms with Crippen molar-refractivity contribution in [1.82, 2.24) is 0 Å². The molecule has 0 spiro atoms. The maximum Gasteiger partial charge on any atom is 0.201 e. The monoisotopic (exact) mass is 212 g/mol. The molecule has 0 fully saturated rings. The van der Waals surface area contributed by atoms with Gasteiger partial charge < -0.3 is 5.11 Å². The van der Waals surface area contributed by atoms with E-state index in [2.05, 4.69) is 6.92 Å². The zero-order chi connectivity index (χ0) is 10.4. The summed E-state index contributed by atoms with van der Waals surface area (Å²) in [6.45, 7) is 2.10. The first-order chi connectivity index (χ1) is 6.75. The molecule has 0 aliphatic carbocycles. The summed E-state index contributed by atoms with van der Waals surface area (Å²) in [4.78, 5) is 12.2. The first-order valence-corrected chi connectivity index (χ1v) is 5.89. The van der Waals surface area contributed by atoms with E-state index in [4.69, 9.17) is 0 Å². The molecule has 2 nitrogen and oxygen atoms in total. The number of carbonyl (C=O) groups is 1. The summed E-state index contributed by atoms with van der Waals surface area (Å²) in [5, 5.41) is 11.4. The third kappa shape index (κ3) is 3.24. The van der Waals surface area contributed by atoms with Crippen molar-refractivity contribution in [3.05, 3.63) is 22.4 Å². The molecule has 14 heavy (non-hydrogen) atoms. The van der Waals surface area contributed by atoms with Gasteiger partial charge in [-0.2, -0.15) is 0 Å². The van der Waals surface area contributed by atoms with Gasteiger partial charge in [0.1, 0.15) is 6.10 Å². The SMILES string of the molecule is CCCCCC(O)C(=O)c1cccs1. The number of ketones is 1. The van der Waals surface area contributed by atoms with Gasteiger partial charge in [0.25, 0.3) is 0 Å². The molecule has 0 aromatic carbocycles. The number of hydrogen-bond acceptors (Lipinski definition) is 3. The van der Waals surface area contributed by atoms with Crippen LogP contribution in [0.4, 0.5) is 0 Å². The minimum absolute atomic E-state index is 0.129. The summed E-state index contributed by atoms with van der Waals surface area (Å²) < 4.78 is 0. The van der Waals surface area contributed by atoms with E-state index in [0.29, 0.717) is 11.3 Å². The van der Waals surface area contributed by atoms with Gasteiger partial charge >= 0.3 is 0 Å². The average Bonchev–Trinajstić information content (AvgIpc) is 2.69. The van der Waals surface area contributed by atoms with Crippen molar-refractivity contribution in [1.29, 1.82) is 0 Å². The maximum absolute atomic E-state index is 11.6. The van der Waals surface area contributed by atoms with Crippen molar-refractivity contribution in [2.75, 3.05) is 0 Å². The number of rotatable bonds is 6. The van der Waals surface area contributed by atoms with Gasteiger partial charge in [0.15, 0.2) is 0 Å². The first kappa shape index (κ1) is 11.4. The van der Waals surface area contributed by atoms with Crippen molar-refractivity contribution >= 4 is 17.1 Å². The predicted molar refractivity (Wildman–Crippen MR) is 58.8 cm³/mol. The third-order valence-corrected chi connectivity index (χ3v) is 3.03. The highest BCUT2D eigenvalue weighted by atomic mass is 32.1. The lowest BCUT2D eigenvalue weighted by atomic mass is 10.1. The van der Waals surface area contributed by atoms with Crippen LogP contribution in [-0.2, 0) is 0 Å². The molecule has 0 aliphatic heterocycles. The van der Waals surface area contributed by atoms with Crippen LogP contribution in [0, 0.1) is 0 Å². The summed E-state index contributed by atoms with van der Waals surface area (Å²) in [5.74, 6) is -0.129. The molecule has 0 saturated carbocycles. The Morgan fingerprint density at radius 2 is 2.36 bits per heavy atom. The van der Waals surface area contributed by atoms with Crippen molar-refractivity contribution in [2.45, 2.75) is 38.7 Å². The van der Waals surface area contributed by atoms with E-state index in [1.807, 2.05) is 11.4 Å². The zero-order valence-electron chi connectivity index (χ0n) is 8.40. The molecule has 1 atom stereocenters. The summed E-state index contributed by atoms with van der Waals surface area (Å²) in [5.41, 5.74) is 0. The summed E-state index contributed by atoms with van der Waals surface area (Å²) in [6, 6.07) is 3.59. The summed E-state index contributed by atoms with van der Waals surface area (Å²) >= 11 is 1.39. The van der Waals surface area contributed by atoms with Crippen LogP contribution >= 0.6 is 11.3 Å². The molecule has 78 valence electrons. The second-order valence-electron chi connectivity index (χ2n) is 3.35. The number of hydrogen-bond donors (Lipinski definition) is 1. The van der Waals surface area contributed by atoms with Crippen LogP contribution in [0.25, 0.3) is 0 Å². The van der Waals surface area contributed by atoms with Gasteiger partial charge in [-0.3, -0.25) is 4.79 Å². The van der Waals surface area contributed by atoms with E-state index in [9.17, 15) is 9.90 Å². The quantitative estimate of drug-likeness (QED) is 0.581. The Morgan fingerprint density at radius 1 is 1.57 bits per heavy atom. The van der Waals surface area contributed by atoms with Crippen molar-refractivity contribution in [2.24, 2.45) is 0 Å². The molecule has 0 bridgehead atoms. The highest BCUT2D eigenvalue weighted by Gasteiger charge is 2.16. The maximum atomic E-state index is 11.6. The van der Waals surface area contributed by atoms with Crippen molar-refractivity contribution in [3.63, 3.8) is 0 Å². The van der Waals surface area contributed by atoms with E-state index in [1.165, 1.54) is 11.3 Å². The number of aliphatic hydroxyl groups is 1. The number of carbonyl (C=O) groups excluding carboxylic acids is 1. The smallest absolute Gasteiger partial charge is 0.201 e. The lowest BCUT2D eigenvalue weighted by molar-refractivity contribution is 0.0730. The Bertz CT molecular complexity index is 267. The Morgan fingerprint density at radius 3 is 2.93 bits per heavy atom. The molecule has 1 aromatic rings. The highest BCUT2D eigenvalue weighted by Crippen LogP contribution is 2.14. The fourth-order valence-corrected chi connectivity index (χ4v) is 2.01. The molecule has 1 N–H and O–H groups in total. The number of Topliss-reactive ketones (excluding diaryl/α,β-unsaturated/α-hetero) is 1. The molecule has 1 rings (SSSR count). The van der Waals surface area contributed by atoms with Crippen LogP contribution in [0.2, 0.25) is 0 Å². The summed E-state index contributed by atoms with van der Waals surface area (Å²) in [7, 11) is 0. The van der Waals surface area contributed by atoms with Gasteiger partial charge in [-0.25, -0.2) is 0 Å². The number of thiophene rings is 1. The Balaban J connectivity index is 2.37. The van der Waals surface area contributed by atoms with Crippen LogP contribution in [0.1, 0.15) is 42.3 Å². The molecule has 0 aliphatic rings. The second kappa shape index (κ2) is 5.94. The average molecular weight is 212 g/mol. The molecule has 3 heteroatoms. The molecule has 1 aromatic heterocycles. The van der Waals surface area contributed by atoms with Crippen LogP contribution in [-0.4, -0.2) is 17.0 Å². The number of unbranched alkanes of at least 4 members (excludes halogenated alkanes) is 2. The van der Waals surface area contributed by atoms with Crippen LogP contribution in [0.3, 0.4) is 0 Å². The second-order valence-corrected chi connectivity index (χ2v) is 4.30. The van der Waals surface area contributed by atoms with E-state index in [0.717, 1.165) is 19.3 Å². The molecule has 1 heterocycles. The molecule has 0 radical (unpaired) electrons. The van der Waals surface area contributed by atoms with E-state index >= 15 is 0 Å². The Kier molecular flexibility index (Phi) is 4.84. The zero-order valence-corrected chi connectivity index (χ0v) is 9.22. The van der Waals surface area contributed by atoms with Gasteiger partial charge in [-0.05, 0) is 17.9 Å². The molecule has 0 saturated heterocycles. The normalized spacial score (nSPS) is 12.7. The topological polar surface area (TPSA) is 37.3 Å². The molecular weight excluding hydrogens is 196 g/mol. The molecule has 0 amide bonds. The summed E-state index contributed by atoms with van der Waals surface area (Å²) in [6.07, 6.45) is 2.90. The largest absolute Gasteiger partial charge is 0.385 e. The van der Waals surface area contributed by atoms with Gasteiger partial charge in [-0.15, -0.1) is 11.3 Å². The van der Waals surface area contributed by atoms with E-state index < -0.39 is 6.10 Å². The van der Waals surface area contributed by atoms with Crippen LogP contribution in [0.15, 0.2) is 17.5 Å². The third-order valence-electron chi connectivity index (χ3n) is 2.15. The van der Waals surface area contributed by atoms with Gasteiger partial charge in [-0.1, -0.05) is 32.3 Å². The molecular formula is C11H16O2S. The lowest BCUT2D eigenvalue weighted by Crippen LogP contribution is -2.19. The fraction of sp³-hybridized carbons (Fsp3) is 0.545. The van der Waals surface area contributed by atoms with E-state index in [-0.39, 0.29) is 5.78 Å². The predicted octanol–water partition coefficient (Wildman–Crippen LogP) is 2.87. The highest BCUT2D eigenvalue weighted by molar-refractivity contribution is 7.12. The van der Waals surface area contributed by atoms with E-state index in [1.54, 1.807) is 6.07 Å². The van der Waals surface area contributed by atoms with Gasteiger partial charge in [0.05, 0.1) is 4.88 Å². The van der Waals surface area contributed by atoms with Crippen molar-refractivity contribution in [3.8, 4) is 0 Å². The number of aliphatic hydroxyl groups excluding tert-OH is 1. The Labute approximate surface area is 88.6 Å². The van der Waals surface area contributed by atoms with Crippen LogP contribution < -0.4 is 0 Å². The van der Waals surface area contributed by atoms with Gasteiger partial charge in [0.2, 0.25) is 5.78 Å². The van der Waals surface area contributed by atoms with Crippen LogP contribution in [0.5, 0.6) is 0 Å². The van der Waals surface area contributed by atoms with Gasteiger partial charge in [0, 0.05) is 0 Å². The van der Waals surface area contributed by atoms with Crippen molar-refractivity contribution < 1.29 is 9.90 Å². The lowest BCUT2D eigenvalue weighted by Gasteiger charge is -2.06. The minimum atomic E-state index is -0.805. The minimum Gasteiger partial charge on any atom is -0.385 e. The molecule has 1 unspecified atom stereocenters. The first-order valence-electron chi connectivity index (χ1n) is 5.01.